The Balaban J connectivity index is 1.81. The predicted molar refractivity (Wildman–Crippen MR) is 89.4 cm³/mol. The number of esters is 1. The Morgan fingerprint density at radius 2 is 1.92 bits per heavy atom. The summed E-state index contributed by atoms with van der Waals surface area (Å²) in [5, 5.41) is 2.52. The van der Waals surface area contributed by atoms with Crippen LogP contribution in [0.3, 0.4) is 0 Å². The van der Waals surface area contributed by atoms with Gasteiger partial charge in [-0.3, -0.25) is 9.69 Å². The van der Waals surface area contributed by atoms with Gasteiger partial charge >= 0.3 is 12.0 Å². The lowest BCUT2D eigenvalue weighted by Crippen LogP contribution is -2.30. The summed E-state index contributed by atoms with van der Waals surface area (Å²) in [5.41, 5.74) is 1.39. The molecular weight excluding hydrogens is 324 g/mol. The van der Waals surface area contributed by atoms with Gasteiger partial charge in [0.15, 0.2) is 0 Å². The quantitative estimate of drug-likeness (QED) is 0.525. The maximum absolute atomic E-state index is 12.0. The van der Waals surface area contributed by atoms with Gasteiger partial charge in [-0.05, 0) is 31.2 Å². The number of imide groups is 1. The average Bonchev–Trinajstić information content (AvgIpc) is 3.19. The number of hydrogen-bond acceptors (Lipinski definition) is 5. The largest absolute Gasteiger partial charge is 0.465 e. The van der Waals surface area contributed by atoms with Crippen molar-refractivity contribution >= 4 is 24.0 Å². The van der Waals surface area contributed by atoms with Crippen LogP contribution in [-0.2, 0) is 9.53 Å². The molecule has 1 saturated heterocycles. The first-order chi connectivity index (χ1) is 12.0. The minimum absolute atomic E-state index is 0.175. The highest BCUT2D eigenvalue weighted by atomic mass is 16.5. The number of likely N-dealkylation sites (N-methyl/N-ethyl adjacent to an activating group) is 1. The van der Waals surface area contributed by atoms with E-state index in [-0.39, 0.29) is 11.6 Å². The van der Waals surface area contributed by atoms with Crippen LogP contribution in [0.1, 0.15) is 23.0 Å². The predicted octanol–water partition coefficient (Wildman–Crippen LogP) is 2.65. The van der Waals surface area contributed by atoms with E-state index in [1.54, 1.807) is 43.3 Å². The summed E-state index contributed by atoms with van der Waals surface area (Å²) in [5.74, 6) is 0.223. The van der Waals surface area contributed by atoms with Crippen molar-refractivity contribution in [1.82, 2.24) is 10.2 Å². The second-order valence-electron chi connectivity index (χ2n) is 5.31. The van der Waals surface area contributed by atoms with Crippen LogP contribution in [0.25, 0.3) is 17.4 Å². The SMILES string of the molecule is CCN1C(=O)NC(=Cc2ccc(-c3ccc(C(=O)OC)cc3)o2)C1=O. The van der Waals surface area contributed by atoms with Crippen LogP contribution in [0.15, 0.2) is 46.5 Å². The van der Waals surface area contributed by atoms with Crippen LogP contribution in [0, 0.1) is 0 Å². The Morgan fingerprint density at radius 1 is 1.20 bits per heavy atom. The van der Waals surface area contributed by atoms with Gasteiger partial charge in [-0.15, -0.1) is 0 Å². The number of furan rings is 1. The van der Waals surface area contributed by atoms with Crippen molar-refractivity contribution in [2.45, 2.75) is 6.92 Å². The molecule has 1 aromatic heterocycles. The molecule has 0 radical (unpaired) electrons. The Labute approximate surface area is 143 Å². The third-order valence-corrected chi connectivity index (χ3v) is 3.78. The van der Waals surface area contributed by atoms with Crippen LogP contribution in [-0.4, -0.2) is 36.5 Å². The number of nitrogens with zero attached hydrogens (tertiary/aromatic N) is 1. The van der Waals surface area contributed by atoms with E-state index < -0.39 is 12.0 Å². The molecule has 1 aromatic carbocycles. The fourth-order valence-corrected chi connectivity index (χ4v) is 2.48. The van der Waals surface area contributed by atoms with Gasteiger partial charge in [0.1, 0.15) is 17.2 Å². The molecule has 0 saturated carbocycles. The summed E-state index contributed by atoms with van der Waals surface area (Å²) in [4.78, 5) is 36.2. The Hall–Kier alpha value is -3.35. The van der Waals surface area contributed by atoms with Gasteiger partial charge in [0.05, 0.1) is 12.7 Å². The molecule has 0 spiro atoms. The van der Waals surface area contributed by atoms with E-state index >= 15 is 0 Å². The molecular formula is C18H16N2O5. The van der Waals surface area contributed by atoms with Gasteiger partial charge in [0.2, 0.25) is 0 Å². The summed E-state index contributed by atoms with van der Waals surface area (Å²) in [7, 11) is 1.32. The topological polar surface area (TPSA) is 88.8 Å². The van der Waals surface area contributed by atoms with Gasteiger partial charge in [-0.2, -0.15) is 0 Å². The molecule has 128 valence electrons. The van der Waals surface area contributed by atoms with Gasteiger partial charge in [0.25, 0.3) is 5.91 Å². The van der Waals surface area contributed by atoms with E-state index in [2.05, 4.69) is 10.1 Å². The van der Waals surface area contributed by atoms with E-state index in [1.807, 2.05) is 0 Å². The van der Waals surface area contributed by atoms with Crippen molar-refractivity contribution in [2.75, 3.05) is 13.7 Å². The number of methoxy groups -OCH3 is 1. The van der Waals surface area contributed by atoms with E-state index in [9.17, 15) is 14.4 Å². The maximum Gasteiger partial charge on any atom is 0.337 e. The number of rotatable bonds is 4. The molecule has 3 amide bonds. The summed E-state index contributed by atoms with van der Waals surface area (Å²) in [6.07, 6.45) is 1.49. The Kier molecular flexibility index (Phi) is 4.38. The molecule has 1 fully saturated rings. The third kappa shape index (κ3) is 3.16. The third-order valence-electron chi connectivity index (χ3n) is 3.78. The van der Waals surface area contributed by atoms with E-state index in [0.29, 0.717) is 23.6 Å². The zero-order chi connectivity index (χ0) is 18.0. The molecule has 0 bridgehead atoms. The molecule has 2 aromatic rings. The maximum atomic E-state index is 12.0. The molecule has 0 unspecified atom stereocenters. The van der Waals surface area contributed by atoms with Gasteiger partial charge < -0.3 is 14.5 Å². The lowest BCUT2D eigenvalue weighted by atomic mass is 10.1. The normalized spacial score (nSPS) is 15.6. The minimum atomic E-state index is -0.441. The fraction of sp³-hybridized carbons (Fsp3) is 0.167. The first kappa shape index (κ1) is 16.5. The number of nitrogens with one attached hydrogen (secondary N) is 1. The number of urea groups is 1. The van der Waals surface area contributed by atoms with Crippen molar-refractivity contribution in [1.29, 1.82) is 0 Å². The van der Waals surface area contributed by atoms with Crippen LogP contribution >= 0.6 is 0 Å². The van der Waals surface area contributed by atoms with E-state index in [0.717, 1.165) is 10.5 Å². The lowest BCUT2D eigenvalue weighted by molar-refractivity contribution is -0.122. The second-order valence-corrected chi connectivity index (χ2v) is 5.31. The van der Waals surface area contributed by atoms with E-state index in [4.69, 9.17) is 4.42 Å². The first-order valence-corrected chi connectivity index (χ1v) is 7.66. The molecule has 0 atom stereocenters. The number of amides is 3. The summed E-state index contributed by atoms with van der Waals surface area (Å²) < 4.78 is 10.4. The van der Waals surface area contributed by atoms with Crippen LogP contribution < -0.4 is 5.32 Å². The molecule has 2 heterocycles. The Morgan fingerprint density at radius 3 is 2.52 bits per heavy atom. The lowest BCUT2D eigenvalue weighted by Gasteiger charge is -2.05. The van der Waals surface area contributed by atoms with Crippen LogP contribution in [0.2, 0.25) is 0 Å². The molecule has 7 heteroatoms. The smallest absolute Gasteiger partial charge is 0.337 e. The van der Waals surface area contributed by atoms with Gasteiger partial charge in [-0.1, -0.05) is 12.1 Å². The first-order valence-electron chi connectivity index (χ1n) is 7.66. The molecule has 25 heavy (non-hydrogen) atoms. The van der Waals surface area contributed by atoms with Crippen molar-refractivity contribution in [2.24, 2.45) is 0 Å². The number of hydrogen-bond donors (Lipinski definition) is 1. The highest BCUT2D eigenvalue weighted by molar-refractivity contribution is 6.13. The molecule has 3 rings (SSSR count). The van der Waals surface area contributed by atoms with Crippen molar-refractivity contribution in [3.63, 3.8) is 0 Å². The fourth-order valence-electron chi connectivity index (χ4n) is 2.48. The van der Waals surface area contributed by atoms with Gasteiger partial charge in [0, 0.05) is 18.2 Å². The van der Waals surface area contributed by atoms with Crippen molar-refractivity contribution in [3.05, 3.63) is 53.4 Å². The van der Waals surface area contributed by atoms with Crippen LogP contribution in [0.4, 0.5) is 4.79 Å². The molecule has 0 aliphatic carbocycles. The molecule has 1 N–H and O–H groups in total. The van der Waals surface area contributed by atoms with Gasteiger partial charge in [-0.25, -0.2) is 9.59 Å². The zero-order valence-electron chi connectivity index (χ0n) is 13.7. The summed E-state index contributed by atoms with van der Waals surface area (Å²) in [6.45, 7) is 2.03. The van der Waals surface area contributed by atoms with Crippen molar-refractivity contribution in [3.8, 4) is 11.3 Å². The zero-order valence-corrected chi connectivity index (χ0v) is 13.7. The monoisotopic (exact) mass is 340 g/mol. The highest BCUT2D eigenvalue weighted by Crippen LogP contribution is 2.24. The minimum Gasteiger partial charge on any atom is -0.465 e. The standard InChI is InChI=1S/C18H16N2O5/c1-3-20-16(21)14(19-18(20)23)10-13-8-9-15(25-13)11-4-6-12(7-5-11)17(22)24-2/h4-10H,3H2,1-2H3,(H,19,23). The van der Waals surface area contributed by atoms with Crippen LogP contribution in [0.5, 0.6) is 0 Å². The summed E-state index contributed by atoms with van der Waals surface area (Å²) >= 11 is 0. The average molecular weight is 340 g/mol. The number of carbonyl (C=O) groups excluding carboxylic acids is 3. The molecule has 1 aliphatic heterocycles. The second kappa shape index (κ2) is 6.64. The van der Waals surface area contributed by atoms with E-state index in [1.165, 1.54) is 13.2 Å². The number of ether oxygens (including phenoxy) is 1. The molecule has 1 aliphatic rings. The number of carbonyl (C=O) groups is 3. The number of benzene rings is 1. The Bertz CT molecular complexity index is 864. The molecule has 7 nitrogen and oxygen atoms in total. The highest BCUT2D eigenvalue weighted by Gasteiger charge is 2.32. The van der Waals surface area contributed by atoms with Crippen molar-refractivity contribution < 1.29 is 23.5 Å². The summed E-state index contributed by atoms with van der Waals surface area (Å²) in [6, 6.07) is 9.77.